The van der Waals surface area contributed by atoms with Crippen molar-refractivity contribution in [3.63, 3.8) is 0 Å². The van der Waals surface area contributed by atoms with E-state index in [0.29, 0.717) is 23.7 Å². The van der Waals surface area contributed by atoms with Crippen LogP contribution in [0.5, 0.6) is 0 Å². The zero-order chi connectivity index (χ0) is 13.8. The van der Waals surface area contributed by atoms with Crippen molar-refractivity contribution in [2.45, 2.75) is 13.5 Å². The summed E-state index contributed by atoms with van der Waals surface area (Å²) in [5, 5.41) is 0.570. The van der Waals surface area contributed by atoms with Crippen LogP contribution in [-0.2, 0) is 6.54 Å². The van der Waals surface area contributed by atoms with E-state index in [0.717, 1.165) is 9.21 Å². The first-order valence-corrected chi connectivity index (χ1v) is 7.46. The van der Waals surface area contributed by atoms with E-state index in [1.165, 1.54) is 11.3 Å². The summed E-state index contributed by atoms with van der Waals surface area (Å²) in [6, 6.07) is 10.8. The third kappa shape index (κ3) is 3.72. The Labute approximate surface area is 126 Å². The van der Waals surface area contributed by atoms with E-state index in [9.17, 15) is 4.79 Å². The Balaban J connectivity index is 2.15. The van der Waals surface area contributed by atoms with Crippen LogP contribution in [0.2, 0.25) is 9.36 Å². The fourth-order valence-electron chi connectivity index (χ4n) is 1.76. The Kier molecular flexibility index (Phi) is 4.86. The highest BCUT2D eigenvalue weighted by Gasteiger charge is 2.15. The number of hydrogen-bond donors (Lipinski definition) is 0. The molecule has 2 aromatic rings. The van der Waals surface area contributed by atoms with Gasteiger partial charge in [0.25, 0.3) is 5.91 Å². The molecule has 0 aliphatic rings. The van der Waals surface area contributed by atoms with E-state index >= 15 is 0 Å². The largest absolute Gasteiger partial charge is 0.334 e. The van der Waals surface area contributed by atoms with Gasteiger partial charge in [0.1, 0.15) is 0 Å². The van der Waals surface area contributed by atoms with Gasteiger partial charge in [0.05, 0.1) is 10.9 Å². The molecule has 0 aliphatic heterocycles. The van der Waals surface area contributed by atoms with Crippen molar-refractivity contribution in [1.82, 2.24) is 4.90 Å². The Morgan fingerprint density at radius 3 is 2.63 bits per heavy atom. The van der Waals surface area contributed by atoms with Gasteiger partial charge in [0.2, 0.25) is 0 Å². The molecule has 0 bridgehead atoms. The fraction of sp³-hybridized carbons (Fsp3) is 0.214. The Morgan fingerprint density at radius 2 is 2.05 bits per heavy atom. The second-order valence-corrected chi connectivity index (χ2v) is 6.27. The van der Waals surface area contributed by atoms with Gasteiger partial charge in [0, 0.05) is 22.0 Å². The molecule has 0 unspecified atom stereocenters. The summed E-state index contributed by atoms with van der Waals surface area (Å²) in [5.74, 6) is -0.0190. The third-order valence-corrected chi connectivity index (χ3v) is 4.17. The van der Waals surface area contributed by atoms with Crippen LogP contribution in [0.4, 0.5) is 0 Å². The number of nitrogens with zero attached hydrogens (tertiary/aromatic N) is 1. The molecule has 2 nitrogen and oxygen atoms in total. The molecule has 0 atom stereocenters. The van der Waals surface area contributed by atoms with Gasteiger partial charge in [-0.3, -0.25) is 4.79 Å². The van der Waals surface area contributed by atoms with Crippen LogP contribution in [0, 0.1) is 0 Å². The molecule has 2 rings (SSSR count). The second-order valence-electron chi connectivity index (χ2n) is 4.04. The van der Waals surface area contributed by atoms with Crippen molar-refractivity contribution in [2.24, 2.45) is 0 Å². The SMILES string of the molecule is CCN(Cc1ccc(Cl)s1)C(=O)c1cccc(Cl)c1. The Hall–Kier alpha value is -1.03. The van der Waals surface area contributed by atoms with Crippen LogP contribution in [0.1, 0.15) is 22.2 Å². The molecular formula is C14H13Cl2NOS. The first-order chi connectivity index (χ1) is 9.10. The zero-order valence-corrected chi connectivity index (χ0v) is 12.7. The molecule has 5 heteroatoms. The Morgan fingerprint density at radius 1 is 1.26 bits per heavy atom. The van der Waals surface area contributed by atoms with Crippen LogP contribution in [0.3, 0.4) is 0 Å². The summed E-state index contributed by atoms with van der Waals surface area (Å²) >= 11 is 13.3. The number of hydrogen-bond acceptors (Lipinski definition) is 2. The van der Waals surface area contributed by atoms with Crippen molar-refractivity contribution in [3.05, 3.63) is 56.2 Å². The summed E-state index contributed by atoms with van der Waals surface area (Å²) in [5.41, 5.74) is 0.608. The molecule has 0 saturated heterocycles. The lowest BCUT2D eigenvalue weighted by molar-refractivity contribution is 0.0754. The maximum Gasteiger partial charge on any atom is 0.254 e. The van der Waals surface area contributed by atoms with Crippen LogP contribution in [0.25, 0.3) is 0 Å². The number of rotatable bonds is 4. The highest BCUT2D eigenvalue weighted by atomic mass is 35.5. The van der Waals surface area contributed by atoms with E-state index in [2.05, 4.69) is 0 Å². The summed E-state index contributed by atoms with van der Waals surface area (Å²) < 4.78 is 0.737. The average Bonchev–Trinajstić information content (AvgIpc) is 2.81. The van der Waals surface area contributed by atoms with E-state index in [1.807, 2.05) is 19.1 Å². The lowest BCUT2D eigenvalue weighted by Crippen LogP contribution is -2.29. The minimum absolute atomic E-state index is 0.0190. The van der Waals surface area contributed by atoms with Gasteiger partial charge in [0.15, 0.2) is 0 Å². The number of carbonyl (C=O) groups excluding carboxylic acids is 1. The van der Waals surface area contributed by atoms with Gasteiger partial charge in [-0.2, -0.15) is 0 Å². The third-order valence-electron chi connectivity index (χ3n) is 2.72. The molecule has 0 saturated carbocycles. The summed E-state index contributed by atoms with van der Waals surface area (Å²) in [7, 11) is 0. The molecule has 100 valence electrons. The normalized spacial score (nSPS) is 10.5. The van der Waals surface area contributed by atoms with E-state index in [4.69, 9.17) is 23.2 Å². The summed E-state index contributed by atoms with van der Waals surface area (Å²) in [4.78, 5) is 15.2. The molecule has 1 heterocycles. The van der Waals surface area contributed by atoms with E-state index < -0.39 is 0 Å². The standard InChI is InChI=1S/C14H13Cl2NOS/c1-2-17(9-12-6-7-13(16)19-12)14(18)10-4-3-5-11(15)8-10/h3-8H,2,9H2,1H3. The lowest BCUT2D eigenvalue weighted by atomic mass is 10.2. The monoisotopic (exact) mass is 313 g/mol. The van der Waals surface area contributed by atoms with Crippen molar-refractivity contribution in [2.75, 3.05) is 6.54 Å². The molecule has 0 radical (unpaired) electrons. The van der Waals surface area contributed by atoms with Gasteiger partial charge in [-0.15, -0.1) is 11.3 Å². The number of thiophene rings is 1. The zero-order valence-electron chi connectivity index (χ0n) is 10.4. The van der Waals surface area contributed by atoms with Gasteiger partial charge in [-0.05, 0) is 37.3 Å². The molecule has 19 heavy (non-hydrogen) atoms. The lowest BCUT2D eigenvalue weighted by Gasteiger charge is -2.20. The molecular weight excluding hydrogens is 301 g/mol. The topological polar surface area (TPSA) is 20.3 Å². The molecule has 0 spiro atoms. The molecule has 0 aliphatic carbocycles. The molecule has 0 N–H and O–H groups in total. The number of carbonyl (C=O) groups is 1. The second kappa shape index (κ2) is 6.42. The minimum atomic E-state index is -0.0190. The maximum atomic E-state index is 12.4. The Bertz CT molecular complexity index is 582. The predicted octanol–water partition coefficient (Wildman–Crippen LogP) is 4.72. The molecule has 1 aromatic carbocycles. The van der Waals surface area contributed by atoms with Crippen LogP contribution < -0.4 is 0 Å². The fourth-order valence-corrected chi connectivity index (χ4v) is 3.05. The average molecular weight is 314 g/mol. The molecule has 1 aromatic heterocycles. The molecule has 0 fully saturated rings. The van der Waals surface area contributed by atoms with Crippen molar-refractivity contribution in [3.8, 4) is 0 Å². The quantitative estimate of drug-likeness (QED) is 0.800. The van der Waals surface area contributed by atoms with Crippen molar-refractivity contribution >= 4 is 40.4 Å². The smallest absolute Gasteiger partial charge is 0.254 e. The number of benzene rings is 1. The van der Waals surface area contributed by atoms with Gasteiger partial charge < -0.3 is 4.90 Å². The van der Waals surface area contributed by atoms with Crippen LogP contribution in [0.15, 0.2) is 36.4 Å². The minimum Gasteiger partial charge on any atom is -0.334 e. The predicted molar refractivity (Wildman–Crippen MR) is 81.2 cm³/mol. The van der Waals surface area contributed by atoms with Crippen LogP contribution >= 0.6 is 34.5 Å². The van der Waals surface area contributed by atoms with Crippen molar-refractivity contribution in [1.29, 1.82) is 0 Å². The maximum absolute atomic E-state index is 12.4. The highest BCUT2D eigenvalue weighted by molar-refractivity contribution is 7.16. The summed E-state index contributed by atoms with van der Waals surface area (Å²) in [6.07, 6.45) is 0. The summed E-state index contributed by atoms with van der Waals surface area (Å²) in [6.45, 7) is 3.16. The first kappa shape index (κ1) is 14.4. The highest BCUT2D eigenvalue weighted by Crippen LogP contribution is 2.23. The van der Waals surface area contributed by atoms with Gasteiger partial charge in [-0.1, -0.05) is 29.3 Å². The van der Waals surface area contributed by atoms with Gasteiger partial charge in [-0.25, -0.2) is 0 Å². The number of halogens is 2. The molecule has 1 amide bonds. The number of amides is 1. The van der Waals surface area contributed by atoms with E-state index in [1.54, 1.807) is 29.2 Å². The van der Waals surface area contributed by atoms with Crippen LogP contribution in [-0.4, -0.2) is 17.4 Å². The van der Waals surface area contributed by atoms with Crippen molar-refractivity contribution < 1.29 is 4.79 Å². The first-order valence-electron chi connectivity index (χ1n) is 5.89. The van der Waals surface area contributed by atoms with Gasteiger partial charge >= 0.3 is 0 Å². The van der Waals surface area contributed by atoms with E-state index in [-0.39, 0.29) is 5.91 Å².